The lowest BCUT2D eigenvalue weighted by Gasteiger charge is -2.17. The second-order valence-electron chi connectivity index (χ2n) is 6.88. The number of carbonyl (C=O) groups is 2. The quantitative estimate of drug-likeness (QED) is 0.515. The first kappa shape index (κ1) is 22.7. The fraction of sp³-hybridized carbons (Fsp3) is 0.167. The van der Waals surface area contributed by atoms with Gasteiger partial charge in [0.15, 0.2) is 11.5 Å². The van der Waals surface area contributed by atoms with Gasteiger partial charge in [-0.3, -0.25) is 9.59 Å². The van der Waals surface area contributed by atoms with Gasteiger partial charge in [0.1, 0.15) is 0 Å². The molecule has 0 aliphatic carbocycles. The Labute approximate surface area is 184 Å². The molecule has 2 amide bonds. The summed E-state index contributed by atoms with van der Waals surface area (Å²) in [5, 5.41) is 5.67. The summed E-state index contributed by atoms with van der Waals surface area (Å²) in [4.78, 5) is 25.0. The Morgan fingerprint density at radius 2 is 1.59 bits per heavy atom. The molecule has 1 atom stereocenters. The van der Waals surface area contributed by atoms with Gasteiger partial charge in [-0.15, -0.1) is 0 Å². The number of carbonyl (C=O) groups excluding carboxylic acids is 2. The van der Waals surface area contributed by atoms with E-state index in [1.165, 1.54) is 25.3 Å². The number of ether oxygens (including phenoxy) is 2. The molecular weight excluding hydrogens is 418 g/mol. The number of amides is 2. The molecule has 0 aliphatic rings. The van der Waals surface area contributed by atoms with Crippen molar-refractivity contribution < 1.29 is 27.8 Å². The monoisotopic (exact) mass is 440 g/mol. The lowest BCUT2D eigenvalue weighted by Crippen LogP contribution is -2.26. The van der Waals surface area contributed by atoms with Crippen molar-refractivity contribution in [1.29, 1.82) is 0 Å². The Bertz CT molecular complexity index is 1090. The van der Waals surface area contributed by atoms with Crippen molar-refractivity contribution in [2.45, 2.75) is 19.6 Å². The van der Waals surface area contributed by atoms with E-state index in [2.05, 4.69) is 15.4 Å². The highest BCUT2D eigenvalue weighted by Crippen LogP contribution is 2.29. The number of rotatable bonds is 8. The zero-order chi connectivity index (χ0) is 23.1. The summed E-state index contributed by atoms with van der Waals surface area (Å²) in [6.45, 7) is -1.21. The second-order valence-corrected chi connectivity index (χ2v) is 6.88. The van der Waals surface area contributed by atoms with Gasteiger partial charge in [0.25, 0.3) is 11.8 Å². The van der Waals surface area contributed by atoms with Crippen LogP contribution in [0.4, 0.5) is 14.5 Å². The van der Waals surface area contributed by atoms with Crippen molar-refractivity contribution >= 4 is 17.5 Å². The number of benzene rings is 3. The van der Waals surface area contributed by atoms with Gasteiger partial charge in [-0.05, 0) is 55.0 Å². The first-order valence-corrected chi connectivity index (χ1v) is 9.77. The number of halogens is 2. The van der Waals surface area contributed by atoms with Crippen molar-refractivity contribution in [3.05, 3.63) is 89.5 Å². The number of hydrogen-bond donors (Lipinski definition) is 2. The minimum atomic E-state index is -3.00. The van der Waals surface area contributed by atoms with E-state index in [4.69, 9.17) is 4.74 Å². The third kappa shape index (κ3) is 5.81. The lowest BCUT2D eigenvalue weighted by molar-refractivity contribution is -0.0512. The van der Waals surface area contributed by atoms with E-state index >= 15 is 0 Å². The molecule has 0 fully saturated rings. The predicted molar refractivity (Wildman–Crippen MR) is 116 cm³/mol. The van der Waals surface area contributed by atoms with Crippen LogP contribution in [0.2, 0.25) is 0 Å². The Hall–Kier alpha value is -3.94. The lowest BCUT2D eigenvalue weighted by atomic mass is 10.1. The fourth-order valence-corrected chi connectivity index (χ4v) is 3.04. The van der Waals surface area contributed by atoms with Gasteiger partial charge < -0.3 is 20.1 Å². The summed E-state index contributed by atoms with van der Waals surface area (Å²) >= 11 is 0. The number of anilines is 1. The van der Waals surface area contributed by atoms with Crippen LogP contribution in [-0.4, -0.2) is 25.5 Å². The minimum absolute atomic E-state index is 0.0243. The molecule has 0 aromatic heterocycles. The molecule has 0 spiro atoms. The van der Waals surface area contributed by atoms with Crippen molar-refractivity contribution in [2.24, 2.45) is 0 Å². The zero-order valence-electron chi connectivity index (χ0n) is 17.5. The SMILES string of the molecule is COc1cc(C(=O)NC(C)c2cccc(NC(=O)c3ccccc3)c2)ccc1OC(F)F. The molecule has 0 saturated heterocycles. The normalized spacial score (nSPS) is 11.5. The first-order valence-electron chi connectivity index (χ1n) is 9.77. The number of hydrogen-bond acceptors (Lipinski definition) is 4. The molecule has 0 aliphatic heterocycles. The highest BCUT2D eigenvalue weighted by atomic mass is 19.3. The molecule has 3 rings (SSSR count). The first-order chi connectivity index (χ1) is 15.4. The molecule has 0 heterocycles. The van der Waals surface area contributed by atoms with Crippen LogP contribution in [0.3, 0.4) is 0 Å². The van der Waals surface area contributed by atoms with E-state index in [1.54, 1.807) is 49.4 Å². The van der Waals surface area contributed by atoms with Gasteiger partial charge >= 0.3 is 6.61 Å². The van der Waals surface area contributed by atoms with Gasteiger partial charge in [0, 0.05) is 16.8 Å². The van der Waals surface area contributed by atoms with Gasteiger partial charge in [0.2, 0.25) is 0 Å². The van der Waals surface area contributed by atoms with Gasteiger partial charge in [-0.25, -0.2) is 0 Å². The van der Waals surface area contributed by atoms with E-state index in [-0.39, 0.29) is 29.0 Å². The summed E-state index contributed by atoms with van der Waals surface area (Å²) in [5.74, 6) is -0.791. The van der Waals surface area contributed by atoms with Crippen LogP contribution in [0.25, 0.3) is 0 Å². The van der Waals surface area contributed by atoms with Gasteiger partial charge in [-0.1, -0.05) is 30.3 Å². The standard InChI is InChI=1S/C24H22F2N2O4/c1-15(27-23(30)18-11-12-20(32-24(25)26)21(14-18)31-2)17-9-6-10-19(13-17)28-22(29)16-7-4-3-5-8-16/h3-15,24H,1-2H3,(H,27,30)(H,28,29). The molecule has 0 radical (unpaired) electrons. The average Bonchev–Trinajstić information content (AvgIpc) is 2.79. The number of nitrogens with one attached hydrogen (secondary N) is 2. The molecule has 3 aromatic rings. The highest BCUT2D eigenvalue weighted by Gasteiger charge is 2.16. The van der Waals surface area contributed by atoms with E-state index in [9.17, 15) is 18.4 Å². The van der Waals surface area contributed by atoms with Crippen LogP contribution in [0, 0.1) is 0 Å². The molecule has 6 nitrogen and oxygen atoms in total. The van der Waals surface area contributed by atoms with Crippen LogP contribution in [-0.2, 0) is 0 Å². The Morgan fingerprint density at radius 3 is 2.28 bits per heavy atom. The average molecular weight is 440 g/mol. The topological polar surface area (TPSA) is 76.7 Å². The smallest absolute Gasteiger partial charge is 0.387 e. The van der Waals surface area contributed by atoms with E-state index in [0.29, 0.717) is 11.3 Å². The number of methoxy groups -OCH3 is 1. The Morgan fingerprint density at radius 1 is 0.844 bits per heavy atom. The van der Waals surface area contributed by atoms with Crippen molar-refractivity contribution in [2.75, 3.05) is 12.4 Å². The fourth-order valence-electron chi connectivity index (χ4n) is 3.04. The maximum Gasteiger partial charge on any atom is 0.387 e. The second kappa shape index (κ2) is 10.4. The van der Waals surface area contributed by atoms with Crippen molar-refractivity contribution in [3.63, 3.8) is 0 Å². The predicted octanol–water partition coefficient (Wildman–Crippen LogP) is 5.04. The molecule has 0 bridgehead atoms. The molecular formula is C24H22F2N2O4. The zero-order valence-corrected chi connectivity index (χ0v) is 17.5. The van der Waals surface area contributed by atoms with Crippen LogP contribution in [0.1, 0.15) is 39.2 Å². The molecule has 2 N–H and O–H groups in total. The molecule has 166 valence electrons. The van der Waals surface area contributed by atoms with Crippen molar-refractivity contribution in [1.82, 2.24) is 5.32 Å². The molecule has 3 aromatic carbocycles. The third-order valence-corrected chi connectivity index (χ3v) is 4.67. The number of alkyl halides is 2. The molecule has 8 heteroatoms. The summed E-state index contributed by atoms with van der Waals surface area (Å²) < 4.78 is 34.4. The van der Waals surface area contributed by atoms with E-state index < -0.39 is 12.5 Å². The van der Waals surface area contributed by atoms with Crippen LogP contribution in [0.5, 0.6) is 11.5 Å². The van der Waals surface area contributed by atoms with E-state index in [0.717, 1.165) is 5.56 Å². The highest BCUT2D eigenvalue weighted by molar-refractivity contribution is 6.04. The third-order valence-electron chi connectivity index (χ3n) is 4.67. The summed E-state index contributed by atoms with van der Waals surface area (Å²) in [6.07, 6.45) is 0. The van der Waals surface area contributed by atoms with Crippen LogP contribution >= 0.6 is 0 Å². The maximum atomic E-state index is 12.7. The summed E-state index contributed by atoms with van der Waals surface area (Å²) in [7, 11) is 1.30. The molecule has 32 heavy (non-hydrogen) atoms. The maximum absolute atomic E-state index is 12.7. The largest absolute Gasteiger partial charge is 0.493 e. The summed E-state index contributed by atoms with van der Waals surface area (Å²) in [5.41, 5.74) is 2.12. The minimum Gasteiger partial charge on any atom is -0.493 e. The van der Waals surface area contributed by atoms with Crippen LogP contribution in [0.15, 0.2) is 72.8 Å². The summed E-state index contributed by atoms with van der Waals surface area (Å²) in [6, 6.07) is 19.5. The van der Waals surface area contributed by atoms with Crippen LogP contribution < -0.4 is 20.1 Å². The van der Waals surface area contributed by atoms with E-state index in [1.807, 2.05) is 12.1 Å². The van der Waals surface area contributed by atoms with Crippen molar-refractivity contribution in [3.8, 4) is 11.5 Å². The van der Waals surface area contributed by atoms with Gasteiger partial charge in [-0.2, -0.15) is 8.78 Å². The van der Waals surface area contributed by atoms with Gasteiger partial charge in [0.05, 0.1) is 13.2 Å². The molecule has 1 unspecified atom stereocenters. The molecule has 0 saturated carbocycles. The Kier molecular flexibility index (Phi) is 7.38. The Balaban J connectivity index is 1.69.